The molecule has 2 rings (SSSR count). The summed E-state index contributed by atoms with van der Waals surface area (Å²) in [6, 6.07) is 8.39. The number of benzene rings is 1. The van der Waals surface area contributed by atoms with Gasteiger partial charge in [-0.15, -0.1) is 0 Å². The van der Waals surface area contributed by atoms with Crippen LogP contribution in [0.5, 0.6) is 0 Å². The van der Waals surface area contributed by atoms with E-state index in [1.807, 2.05) is 0 Å². The molecular weight excluding hydrogens is 272 g/mol. The van der Waals surface area contributed by atoms with Gasteiger partial charge in [-0.25, -0.2) is 4.98 Å². The number of nitrogens with two attached hydrogens (primary N) is 1. The van der Waals surface area contributed by atoms with Crippen molar-refractivity contribution >= 4 is 17.5 Å². The zero-order chi connectivity index (χ0) is 16.1. The number of anilines is 3. The molecule has 1 aromatic carbocycles. The van der Waals surface area contributed by atoms with E-state index in [0.717, 1.165) is 42.8 Å². The first kappa shape index (κ1) is 16.3. The summed E-state index contributed by atoms with van der Waals surface area (Å²) in [5.74, 6) is 1.31. The van der Waals surface area contributed by atoms with Crippen LogP contribution in [0.1, 0.15) is 44.0 Å². The number of rotatable bonds is 6. The van der Waals surface area contributed by atoms with Gasteiger partial charge in [-0.2, -0.15) is 4.98 Å². The first-order valence-corrected chi connectivity index (χ1v) is 8.10. The van der Waals surface area contributed by atoms with E-state index in [9.17, 15) is 0 Å². The maximum atomic E-state index is 6.19. The van der Waals surface area contributed by atoms with E-state index in [4.69, 9.17) is 10.7 Å². The van der Waals surface area contributed by atoms with Gasteiger partial charge in [-0.1, -0.05) is 32.4 Å². The molecule has 0 unspecified atom stereocenters. The number of aryl methyl sites for hydroxylation is 2. The topological polar surface area (TPSA) is 55.0 Å². The molecule has 0 atom stereocenters. The highest BCUT2D eigenvalue weighted by molar-refractivity contribution is 5.60. The highest BCUT2D eigenvalue weighted by Crippen LogP contribution is 2.26. The van der Waals surface area contributed by atoms with Crippen LogP contribution in [-0.4, -0.2) is 16.5 Å². The minimum absolute atomic E-state index is 0.613. The Morgan fingerprint density at radius 1 is 1.14 bits per heavy atom. The first-order chi connectivity index (χ1) is 10.6. The third-order valence-corrected chi connectivity index (χ3v) is 3.82. The number of aromatic nitrogens is 2. The first-order valence-electron chi connectivity index (χ1n) is 8.10. The Bertz CT molecular complexity index is 637. The summed E-state index contributed by atoms with van der Waals surface area (Å²) >= 11 is 0. The lowest BCUT2D eigenvalue weighted by Crippen LogP contribution is -2.21. The Labute approximate surface area is 133 Å². The molecule has 0 radical (unpaired) electrons. The summed E-state index contributed by atoms with van der Waals surface area (Å²) in [5.41, 5.74) is 10.7. The van der Waals surface area contributed by atoms with Gasteiger partial charge in [0.15, 0.2) is 0 Å². The molecule has 22 heavy (non-hydrogen) atoms. The van der Waals surface area contributed by atoms with Gasteiger partial charge in [-0.3, -0.25) is 0 Å². The molecule has 0 saturated carbocycles. The molecule has 0 fully saturated rings. The highest BCUT2D eigenvalue weighted by atomic mass is 15.3. The highest BCUT2D eigenvalue weighted by Gasteiger charge is 2.16. The van der Waals surface area contributed by atoms with Crippen LogP contribution in [0.4, 0.5) is 17.5 Å². The summed E-state index contributed by atoms with van der Waals surface area (Å²) in [7, 11) is 0. The summed E-state index contributed by atoms with van der Waals surface area (Å²) in [6.45, 7) is 9.27. The summed E-state index contributed by atoms with van der Waals surface area (Å²) in [6.07, 6.45) is 2.87. The van der Waals surface area contributed by atoms with Crippen molar-refractivity contribution in [1.29, 1.82) is 0 Å². The normalized spacial score (nSPS) is 10.7. The van der Waals surface area contributed by atoms with Crippen LogP contribution >= 0.6 is 0 Å². The lowest BCUT2D eigenvalue weighted by molar-refractivity contribution is 0.831. The molecule has 0 bridgehead atoms. The fourth-order valence-electron chi connectivity index (χ4n) is 2.72. The molecule has 118 valence electrons. The number of nitrogen functional groups attached to an aromatic ring is 1. The van der Waals surface area contributed by atoms with E-state index in [-0.39, 0.29) is 0 Å². The van der Waals surface area contributed by atoms with Gasteiger partial charge in [-0.05, 0) is 44.4 Å². The van der Waals surface area contributed by atoms with Gasteiger partial charge in [0.25, 0.3) is 0 Å². The van der Waals surface area contributed by atoms with Crippen LogP contribution in [0, 0.1) is 6.92 Å². The van der Waals surface area contributed by atoms with Gasteiger partial charge >= 0.3 is 0 Å². The average molecular weight is 298 g/mol. The van der Waals surface area contributed by atoms with Crippen molar-refractivity contribution in [1.82, 2.24) is 9.97 Å². The second kappa shape index (κ2) is 7.25. The van der Waals surface area contributed by atoms with Crippen molar-refractivity contribution in [3.8, 4) is 0 Å². The maximum Gasteiger partial charge on any atom is 0.232 e. The smallest absolute Gasteiger partial charge is 0.232 e. The van der Waals surface area contributed by atoms with Crippen molar-refractivity contribution in [2.24, 2.45) is 0 Å². The molecule has 0 aliphatic rings. The zero-order valence-electron chi connectivity index (χ0n) is 14.1. The van der Waals surface area contributed by atoms with Gasteiger partial charge in [0.1, 0.15) is 5.82 Å². The van der Waals surface area contributed by atoms with E-state index in [1.165, 1.54) is 5.56 Å². The van der Waals surface area contributed by atoms with E-state index < -0.39 is 0 Å². The monoisotopic (exact) mass is 298 g/mol. The van der Waals surface area contributed by atoms with E-state index in [0.29, 0.717) is 11.8 Å². The number of hydrogen-bond donors (Lipinski definition) is 1. The third kappa shape index (κ3) is 3.38. The Kier molecular flexibility index (Phi) is 5.36. The van der Waals surface area contributed by atoms with Crippen LogP contribution in [0.3, 0.4) is 0 Å². The lowest BCUT2D eigenvalue weighted by atomic mass is 10.1. The zero-order valence-corrected chi connectivity index (χ0v) is 14.1. The molecule has 2 aromatic rings. The fourth-order valence-corrected chi connectivity index (χ4v) is 2.72. The van der Waals surface area contributed by atoms with Crippen LogP contribution < -0.4 is 10.6 Å². The number of hydrogen-bond acceptors (Lipinski definition) is 4. The minimum atomic E-state index is 0.613. The Morgan fingerprint density at radius 2 is 1.91 bits per heavy atom. The van der Waals surface area contributed by atoms with Crippen molar-refractivity contribution in [3.05, 3.63) is 41.1 Å². The van der Waals surface area contributed by atoms with E-state index >= 15 is 0 Å². The summed E-state index contributed by atoms with van der Waals surface area (Å²) in [4.78, 5) is 11.5. The number of nitrogens with zero attached hydrogens (tertiary/aromatic N) is 3. The van der Waals surface area contributed by atoms with Gasteiger partial charge in [0.05, 0.1) is 5.69 Å². The van der Waals surface area contributed by atoms with Crippen LogP contribution in [0.15, 0.2) is 24.3 Å². The molecule has 0 spiro atoms. The summed E-state index contributed by atoms with van der Waals surface area (Å²) in [5, 5.41) is 0. The molecule has 0 amide bonds. The Morgan fingerprint density at radius 3 is 2.50 bits per heavy atom. The van der Waals surface area contributed by atoms with Crippen molar-refractivity contribution < 1.29 is 0 Å². The van der Waals surface area contributed by atoms with E-state index in [1.54, 1.807) is 0 Å². The quantitative estimate of drug-likeness (QED) is 0.874. The lowest BCUT2D eigenvalue weighted by Gasteiger charge is -2.23. The van der Waals surface area contributed by atoms with Gasteiger partial charge in [0.2, 0.25) is 5.95 Å². The minimum Gasteiger partial charge on any atom is -0.383 e. The van der Waals surface area contributed by atoms with Crippen molar-refractivity contribution in [3.63, 3.8) is 0 Å². The van der Waals surface area contributed by atoms with Crippen LogP contribution in [0.2, 0.25) is 0 Å². The molecule has 4 nitrogen and oxygen atoms in total. The molecule has 1 aromatic heterocycles. The molecule has 0 aliphatic heterocycles. The maximum absolute atomic E-state index is 6.19. The predicted molar refractivity (Wildman–Crippen MR) is 93.7 cm³/mol. The molecule has 4 heteroatoms. The second-order valence-electron chi connectivity index (χ2n) is 5.52. The Hall–Kier alpha value is -2.10. The molecule has 0 aliphatic carbocycles. The largest absolute Gasteiger partial charge is 0.383 e. The average Bonchev–Trinajstić information content (AvgIpc) is 2.48. The second-order valence-corrected chi connectivity index (χ2v) is 5.52. The van der Waals surface area contributed by atoms with Crippen LogP contribution in [0.25, 0.3) is 0 Å². The van der Waals surface area contributed by atoms with Crippen molar-refractivity contribution in [2.45, 2.75) is 47.0 Å². The summed E-state index contributed by atoms with van der Waals surface area (Å²) < 4.78 is 0. The molecule has 2 N–H and O–H groups in total. The molecule has 1 heterocycles. The van der Waals surface area contributed by atoms with Crippen LogP contribution in [-0.2, 0) is 12.8 Å². The van der Waals surface area contributed by atoms with E-state index in [2.05, 4.69) is 61.8 Å². The fraction of sp³-hybridized carbons (Fsp3) is 0.444. The van der Waals surface area contributed by atoms with Gasteiger partial charge in [0, 0.05) is 17.8 Å². The predicted octanol–water partition coefficient (Wildman–Crippen LogP) is 4.04. The standard InChI is InChI=1S/C18H26N4/c1-5-9-16-15(6-2)17(19)21-18(20-16)22(7-3)14-11-8-10-13(4)12-14/h8,10-12H,5-7,9H2,1-4H3,(H2,19,20,21). The molecular formula is C18H26N4. The van der Waals surface area contributed by atoms with Crippen molar-refractivity contribution in [2.75, 3.05) is 17.2 Å². The SMILES string of the molecule is CCCc1nc(N(CC)c2cccc(C)c2)nc(N)c1CC. The molecule has 0 saturated heterocycles. The Balaban J connectivity index is 2.49. The van der Waals surface area contributed by atoms with Gasteiger partial charge < -0.3 is 10.6 Å². The third-order valence-electron chi connectivity index (χ3n) is 3.82.